The number of rotatable bonds is 0. The minimum absolute atomic E-state index is 0.0182. The van der Waals surface area contributed by atoms with Gasteiger partial charge in [0.15, 0.2) is 6.23 Å². The SMILES string of the molecule is CC1=NC(O)=C(C)N(C)C1O. The quantitative estimate of drug-likeness (QED) is 0.535. The molecule has 1 aliphatic rings. The maximum atomic E-state index is 9.38. The van der Waals surface area contributed by atoms with Gasteiger partial charge in [-0.05, 0) is 13.8 Å². The zero-order valence-corrected chi connectivity index (χ0v) is 6.87. The lowest BCUT2D eigenvalue weighted by atomic mass is 10.2. The summed E-state index contributed by atoms with van der Waals surface area (Å²) in [5.74, 6) is -0.0182. The summed E-state index contributed by atoms with van der Waals surface area (Å²) in [4.78, 5) is 5.32. The first-order valence-corrected chi connectivity index (χ1v) is 3.40. The Hall–Kier alpha value is -1.03. The first-order valence-electron chi connectivity index (χ1n) is 3.40. The molecule has 1 heterocycles. The molecule has 1 rings (SSSR count). The third-order valence-corrected chi connectivity index (χ3v) is 1.88. The zero-order valence-electron chi connectivity index (χ0n) is 6.87. The van der Waals surface area contributed by atoms with Crippen molar-refractivity contribution in [3.63, 3.8) is 0 Å². The first-order chi connectivity index (χ1) is 5.04. The van der Waals surface area contributed by atoms with Gasteiger partial charge in [0.2, 0.25) is 5.88 Å². The Labute approximate surface area is 65.5 Å². The number of hydrogen-bond acceptors (Lipinski definition) is 4. The molecule has 1 unspecified atom stereocenters. The van der Waals surface area contributed by atoms with Crippen LogP contribution in [0, 0.1) is 0 Å². The van der Waals surface area contributed by atoms with Crippen LogP contribution in [-0.4, -0.2) is 34.1 Å². The van der Waals surface area contributed by atoms with E-state index in [4.69, 9.17) is 0 Å². The van der Waals surface area contributed by atoms with Gasteiger partial charge in [-0.2, -0.15) is 0 Å². The van der Waals surface area contributed by atoms with E-state index in [1.807, 2.05) is 0 Å². The Balaban J connectivity index is 3.01. The van der Waals surface area contributed by atoms with Crippen LogP contribution in [-0.2, 0) is 0 Å². The van der Waals surface area contributed by atoms with E-state index in [1.54, 1.807) is 25.8 Å². The van der Waals surface area contributed by atoms with Crippen LogP contribution in [0.5, 0.6) is 0 Å². The van der Waals surface area contributed by atoms with E-state index in [1.165, 1.54) is 0 Å². The fourth-order valence-electron chi connectivity index (χ4n) is 0.927. The normalized spacial score (nSPS) is 25.6. The summed E-state index contributed by atoms with van der Waals surface area (Å²) in [6, 6.07) is 0. The molecule has 0 bridgehead atoms. The molecule has 11 heavy (non-hydrogen) atoms. The smallest absolute Gasteiger partial charge is 0.230 e. The molecule has 0 spiro atoms. The average molecular weight is 156 g/mol. The number of aliphatic hydroxyl groups is 2. The van der Waals surface area contributed by atoms with Gasteiger partial charge in [-0.15, -0.1) is 0 Å². The molecule has 0 amide bonds. The van der Waals surface area contributed by atoms with Crippen LogP contribution in [0.3, 0.4) is 0 Å². The maximum Gasteiger partial charge on any atom is 0.230 e. The molecule has 2 N–H and O–H groups in total. The molecule has 62 valence electrons. The van der Waals surface area contributed by atoms with Crippen molar-refractivity contribution >= 4 is 5.71 Å². The second-order valence-corrected chi connectivity index (χ2v) is 2.65. The lowest BCUT2D eigenvalue weighted by Crippen LogP contribution is -2.38. The molecular formula is C7H12N2O2. The number of hydrogen-bond donors (Lipinski definition) is 2. The van der Waals surface area contributed by atoms with Gasteiger partial charge >= 0.3 is 0 Å². The van der Waals surface area contributed by atoms with Gasteiger partial charge in [0.25, 0.3) is 0 Å². The van der Waals surface area contributed by atoms with Crippen LogP contribution in [0.25, 0.3) is 0 Å². The van der Waals surface area contributed by atoms with Crippen LogP contribution in [0.4, 0.5) is 0 Å². The highest BCUT2D eigenvalue weighted by molar-refractivity contribution is 5.87. The molecule has 0 aromatic carbocycles. The lowest BCUT2D eigenvalue weighted by molar-refractivity contribution is 0.0956. The predicted molar refractivity (Wildman–Crippen MR) is 42.2 cm³/mol. The number of aliphatic hydroxyl groups excluding tert-OH is 2. The van der Waals surface area contributed by atoms with Gasteiger partial charge in [0.1, 0.15) is 0 Å². The molecular weight excluding hydrogens is 144 g/mol. The van der Waals surface area contributed by atoms with E-state index >= 15 is 0 Å². The van der Waals surface area contributed by atoms with Crippen LogP contribution in [0.1, 0.15) is 13.8 Å². The lowest BCUT2D eigenvalue weighted by Gasteiger charge is -2.29. The Morgan fingerprint density at radius 2 is 2.00 bits per heavy atom. The second-order valence-electron chi connectivity index (χ2n) is 2.65. The molecule has 1 aliphatic heterocycles. The van der Waals surface area contributed by atoms with Crippen molar-refractivity contribution in [1.82, 2.24) is 4.90 Å². The molecule has 0 fully saturated rings. The minimum Gasteiger partial charge on any atom is -0.492 e. The largest absolute Gasteiger partial charge is 0.492 e. The molecule has 0 aromatic rings. The summed E-state index contributed by atoms with van der Waals surface area (Å²) in [6.45, 7) is 3.37. The molecule has 0 aliphatic carbocycles. The van der Waals surface area contributed by atoms with E-state index in [0.717, 1.165) is 0 Å². The van der Waals surface area contributed by atoms with Crippen molar-refractivity contribution in [3.05, 3.63) is 11.6 Å². The van der Waals surface area contributed by atoms with Crippen LogP contribution in [0.2, 0.25) is 0 Å². The fraction of sp³-hybridized carbons (Fsp3) is 0.571. The van der Waals surface area contributed by atoms with Gasteiger partial charge in [0, 0.05) is 7.05 Å². The van der Waals surface area contributed by atoms with E-state index < -0.39 is 6.23 Å². The second kappa shape index (κ2) is 2.54. The molecule has 1 atom stereocenters. The summed E-state index contributed by atoms with van der Waals surface area (Å²) in [7, 11) is 1.70. The topological polar surface area (TPSA) is 56.1 Å². The van der Waals surface area contributed by atoms with Crippen LogP contribution < -0.4 is 0 Å². The van der Waals surface area contributed by atoms with E-state index in [0.29, 0.717) is 11.4 Å². The van der Waals surface area contributed by atoms with Crippen molar-refractivity contribution in [3.8, 4) is 0 Å². The van der Waals surface area contributed by atoms with Crippen molar-refractivity contribution in [2.24, 2.45) is 4.99 Å². The zero-order chi connectivity index (χ0) is 8.59. The van der Waals surface area contributed by atoms with Gasteiger partial charge in [-0.25, -0.2) is 4.99 Å². The minimum atomic E-state index is -0.703. The molecule has 0 saturated carbocycles. The number of aliphatic imine (C=N–C) groups is 1. The average Bonchev–Trinajstić information content (AvgIpc) is 1.97. The van der Waals surface area contributed by atoms with E-state index in [2.05, 4.69) is 4.99 Å². The standard InChI is InChI=1S/C7H12N2O2/c1-4-7(11)9(3)5(2)6(10)8-4/h7,10-11H,1-3H3. The number of allylic oxidation sites excluding steroid dienone is 1. The third-order valence-electron chi connectivity index (χ3n) is 1.88. The molecule has 4 nitrogen and oxygen atoms in total. The third kappa shape index (κ3) is 1.21. The first kappa shape index (κ1) is 8.07. The number of nitrogens with zero attached hydrogens (tertiary/aromatic N) is 2. The molecule has 0 aromatic heterocycles. The summed E-state index contributed by atoms with van der Waals surface area (Å²) in [6.07, 6.45) is -0.703. The summed E-state index contributed by atoms with van der Waals surface area (Å²) < 4.78 is 0. The van der Waals surface area contributed by atoms with E-state index in [-0.39, 0.29) is 5.88 Å². The van der Waals surface area contributed by atoms with Crippen LogP contribution >= 0.6 is 0 Å². The fourth-order valence-corrected chi connectivity index (χ4v) is 0.927. The monoisotopic (exact) mass is 156 g/mol. The molecule has 0 saturated heterocycles. The highest BCUT2D eigenvalue weighted by Crippen LogP contribution is 2.16. The van der Waals surface area contributed by atoms with Gasteiger partial charge in [-0.3, -0.25) is 0 Å². The summed E-state index contributed by atoms with van der Waals surface area (Å²) >= 11 is 0. The Bertz CT molecular complexity index is 233. The highest BCUT2D eigenvalue weighted by atomic mass is 16.3. The van der Waals surface area contributed by atoms with Crippen molar-refractivity contribution < 1.29 is 10.2 Å². The summed E-state index contributed by atoms with van der Waals surface area (Å²) in [5.41, 5.74) is 1.10. The Morgan fingerprint density at radius 3 is 2.55 bits per heavy atom. The van der Waals surface area contributed by atoms with Gasteiger partial charge < -0.3 is 15.1 Å². The maximum absolute atomic E-state index is 9.38. The highest BCUT2D eigenvalue weighted by Gasteiger charge is 2.21. The Morgan fingerprint density at radius 1 is 1.45 bits per heavy atom. The van der Waals surface area contributed by atoms with Gasteiger partial charge in [0.05, 0.1) is 11.4 Å². The van der Waals surface area contributed by atoms with Gasteiger partial charge in [-0.1, -0.05) is 0 Å². The molecule has 0 radical (unpaired) electrons. The Kier molecular flexibility index (Phi) is 1.87. The van der Waals surface area contributed by atoms with Crippen molar-refractivity contribution in [2.75, 3.05) is 7.05 Å². The summed E-state index contributed by atoms with van der Waals surface area (Å²) in [5, 5.41) is 18.6. The van der Waals surface area contributed by atoms with Crippen molar-refractivity contribution in [2.45, 2.75) is 20.1 Å². The molecule has 4 heteroatoms. The van der Waals surface area contributed by atoms with E-state index in [9.17, 15) is 10.2 Å². The van der Waals surface area contributed by atoms with Crippen LogP contribution in [0.15, 0.2) is 16.6 Å². The predicted octanol–water partition coefficient (Wildman–Crippen LogP) is 0.458. The van der Waals surface area contributed by atoms with Crippen molar-refractivity contribution in [1.29, 1.82) is 0 Å².